The molecule has 0 saturated carbocycles. The largest absolute Gasteiger partial charge is 0.478 e. The number of nitrogens with zero attached hydrogens (tertiary/aromatic N) is 1. The average Bonchev–Trinajstić information content (AvgIpc) is 2.79. The number of hydrogen-bond acceptors (Lipinski definition) is 4. The molecule has 2 rings (SSSR count). The van der Waals surface area contributed by atoms with E-state index in [2.05, 4.69) is 5.32 Å². The first-order valence-electron chi connectivity index (χ1n) is 6.20. The molecule has 0 atom stereocenters. The van der Waals surface area contributed by atoms with Crippen molar-refractivity contribution in [1.82, 2.24) is 5.32 Å². The summed E-state index contributed by atoms with van der Waals surface area (Å²) >= 11 is 0. The van der Waals surface area contributed by atoms with Gasteiger partial charge in [0, 0.05) is 18.8 Å². The summed E-state index contributed by atoms with van der Waals surface area (Å²) in [6, 6.07) is 4.11. The number of nitrogens with one attached hydrogen (secondary N) is 1. The zero-order valence-corrected chi connectivity index (χ0v) is 11.9. The van der Waals surface area contributed by atoms with E-state index >= 15 is 0 Å². The van der Waals surface area contributed by atoms with Crippen LogP contribution in [0.25, 0.3) is 0 Å². The summed E-state index contributed by atoms with van der Waals surface area (Å²) in [5, 5.41) is 16.2. The molecular formula is C12H15N3O5S. The number of hydrogen-bond donors (Lipinski definition) is 3. The molecule has 0 aliphatic carbocycles. The van der Waals surface area contributed by atoms with Crippen LogP contribution in [-0.2, 0) is 16.4 Å². The van der Waals surface area contributed by atoms with Crippen molar-refractivity contribution in [2.24, 2.45) is 5.14 Å². The van der Waals surface area contributed by atoms with Crippen molar-refractivity contribution < 1.29 is 23.1 Å². The predicted molar refractivity (Wildman–Crippen MR) is 75.8 cm³/mol. The molecule has 114 valence electrons. The maximum Gasteiger partial charge on any atom is 0.335 e. The monoisotopic (exact) mass is 313 g/mol. The first kappa shape index (κ1) is 15.3. The minimum atomic E-state index is -3.62. The van der Waals surface area contributed by atoms with Crippen molar-refractivity contribution in [3.8, 4) is 0 Å². The molecule has 1 aliphatic rings. The number of primary sulfonamides is 1. The van der Waals surface area contributed by atoms with Crippen LogP contribution in [0.2, 0.25) is 0 Å². The lowest BCUT2D eigenvalue weighted by atomic mass is 10.1. The Morgan fingerprint density at radius 3 is 2.71 bits per heavy atom. The van der Waals surface area contributed by atoms with E-state index in [0.29, 0.717) is 18.7 Å². The van der Waals surface area contributed by atoms with Gasteiger partial charge in [-0.1, -0.05) is 0 Å². The topological polar surface area (TPSA) is 130 Å². The molecule has 0 radical (unpaired) electrons. The highest BCUT2D eigenvalue weighted by molar-refractivity contribution is 7.89. The highest BCUT2D eigenvalue weighted by Crippen LogP contribution is 2.28. The molecular weight excluding hydrogens is 298 g/mol. The lowest BCUT2D eigenvalue weighted by Gasteiger charge is -2.18. The zero-order chi connectivity index (χ0) is 15.6. The van der Waals surface area contributed by atoms with Gasteiger partial charge in [-0.3, -0.25) is 4.90 Å². The van der Waals surface area contributed by atoms with Crippen molar-refractivity contribution >= 4 is 27.7 Å². The fourth-order valence-corrected chi connectivity index (χ4v) is 2.53. The molecule has 0 unspecified atom stereocenters. The Balaban J connectivity index is 2.05. The number of carboxylic acid groups (broad SMARTS) is 1. The Morgan fingerprint density at radius 2 is 2.10 bits per heavy atom. The fourth-order valence-electron chi connectivity index (χ4n) is 2.14. The van der Waals surface area contributed by atoms with Crippen LogP contribution in [0.1, 0.15) is 15.9 Å². The minimum absolute atomic E-state index is 0.0727. The van der Waals surface area contributed by atoms with Gasteiger partial charge in [0.1, 0.15) is 0 Å². The molecule has 1 aromatic rings. The van der Waals surface area contributed by atoms with Gasteiger partial charge in [-0.25, -0.2) is 23.1 Å². The molecule has 2 amide bonds. The maximum atomic E-state index is 12.0. The number of benzene rings is 1. The second-order valence-corrected chi connectivity index (χ2v) is 6.38. The number of amides is 2. The SMILES string of the molecule is NS(=O)(=O)CCNC(=O)N1CCc2cc(C(=O)O)ccc21. The van der Waals surface area contributed by atoms with Crippen LogP contribution >= 0.6 is 0 Å². The van der Waals surface area contributed by atoms with E-state index in [1.807, 2.05) is 0 Å². The fraction of sp³-hybridized carbons (Fsp3) is 0.333. The Kier molecular flexibility index (Phi) is 4.14. The standard InChI is InChI=1S/C12H15N3O5S/c13-21(19,20)6-4-14-12(18)15-5-3-8-7-9(11(16)17)1-2-10(8)15/h1-2,7H,3-6H2,(H,14,18)(H,16,17)(H2,13,19,20). The molecule has 0 bridgehead atoms. The van der Waals surface area contributed by atoms with Gasteiger partial charge >= 0.3 is 12.0 Å². The Morgan fingerprint density at radius 1 is 1.38 bits per heavy atom. The summed E-state index contributed by atoms with van der Waals surface area (Å²) in [6.07, 6.45) is 0.555. The van der Waals surface area contributed by atoms with Gasteiger partial charge in [-0.05, 0) is 30.2 Å². The quantitative estimate of drug-likeness (QED) is 0.705. The Labute approximate surface area is 121 Å². The van der Waals surface area contributed by atoms with Crippen molar-refractivity contribution in [3.63, 3.8) is 0 Å². The van der Waals surface area contributed by atoms with E-state index in [4.69, 9.17) is 10.2 Å². The maximum absolute atomic E-state index is 12.0. The molecule has 9 heteroatoms. The smallest absolute Gasteiger partial charge is 0.335 e. The van der Waals surface area contributed by atoms with E-state index in [1.165, 1.54) is 17.0 Å². The van der Waals surface area contributed by atoms with Crippen molar-refractivity contribution in [1.29, 1.82) is 0 Å². The highest BCUT2D eigenvalue weighted by atomic mass is 32.2. The lowest BCUT2D eigenvalue weighted by Crippen LogP contribution is -2.41. The normalized spacial score (nSPS) is 13.9. The number of urea groups is 1. The zero-order valence-electron chi connectivity index (χ0n) is 11.1. The second kappa shape index (κ2) is 5.70. The Bertz CT molecular complexity index is 686. The number of carbonyl (C=O) groups excluding carboxylic acids is 1. The molecule has 0 fully saturated rings. The molecule has 0 aromatic heterocycles. The van der Waals surface area contributed by atoms with Crippen molar-refractivity contribution in [2.75, 3.05) is 23.7 Å². The highest BCUT2D eigenvalue weighted by Gasteiger charge is 2.25. The van der Waals surface area contributed by atoms with Crippen molar-refractivity contribution in [2.45, 2.75) is 6.42 Å². The minimum Gasteiger partial charge on any atom is -0.478 e. The number of sulfonamides is 1. The van der Waals surface area contributed by atoms with Gasteiger partial charge < -0.3 is 10.4 Å². The van der Waals surface area contributed by atoms with Crippen LogP contribution in [0.5, 0.6) is 0 Å². The van der Waals surface area contributed by atoms with Gasteiger partial charge in [0.05, 0.1) is 11.3 Å². The third-order valence-corrected chi connectivity index (χ3v) is 3.90. The van der Waals surface area contributed by atoms with Crippen molar-refractivity contribution in [3.05, 3.63) is 29.3 Å². The van der Waals surface area contributed by atoms with Gasteiger partial charge in [0.25, 0.3) is 0 Å². The first-order chi connectivity index (χ1) is 9.78. The molecule has 4 N–H and O–H groups in total. The second-order valence-electron chi connectivity index (χ2n) is 4.65. The number of fused-ring (bicyclic) bond motifs is 1. The third kappa shape index (κ3) is 3.70. The lowest BCUT2D eigenvalue weighted by molar-refractivity contribution is 0.0696. The van der Waals surface area contributed by atoms with E-state index in [-0.39, 0.29) is 17.9 Å². The number of rotatable bonds is 4. The van der Waals surface area contributed by atoms with Gasteiger partial charge in [0.2, 0.25) is 10.0 Å². The third-order valence-electron chi connectivity index (χ3n) is 3.13. The van der Waals surface area contributed by atoms with Crippen LogP contribution in [0.4, 0.5) is 10.5 Å². The molecule has 0 spiro atoms. The summed E-state index contributed by atoms with van der Waals surface area (Å²) in [4.78, 5) is 24.3. The molecule has 8 nitrogen and oxygen atoms in total. The van der Waals surface area contributed by atoms with Gasteiger partial charge in [0.15, 0.2) is 0 Å². The van der Waals surface area contributed by atoms with E-state index in [9.17, 15) is 18.0 Å². The number of aromatic carboxylic acids is 1. The number of anilines is 1. The predicted octanol–water partition coefficient (Wildman–Crippen LogP) is -0.255. The van der Waals surface area contributed by atoms with Crippen LogP contribution in [0, 0.1) is 0 Å². The molecule has 1 heterocycles. The summed E-state index contributed by atoms with van der Waals surface area (Å²) < 4.78 is 21.6. The summed E-state index contributed by atoms with van der Waals surface area (Å²) in [6.45, 7) is 0.344. The van der Waals surface area contributed by atoms with Crippen LogP contribution < -0.4 is 15.4 Å². The van der Waals surface area contributed by atoms with E-state index in [0.717, 1.165) is 5.56 Å². The van der Waals surface area contributed by atoms with Crippen LogP contribution in [0.3, 0.4) is 0 Å². The van der Waals surface area contributed by atoms with E-state index < -0.39 is 22.0 Å². The summed E-state index contributed by atoms with van der Waals surface area (Å²) in [5.74, 6) is -1.36. The molecule has 1 aromatic carbocycles. The van der Waals surface area contributed by atoms with Crippen LogP contribution in [0.15, 0.2) is 18.2 Å². The van der Waals surface area contributed by atoms with E-state index in [1.54, 1.807) is 6.07 Å². The average molecular weight is 313 g/mol. The first-order valence-corrected chi connectivity index (χ1v) is 7.91. The molecule has 1 aliphatic heterocycles. The van der Waals surface area contributed by atoms with Gasteiger partial charge in [-0.2, -0.15) is 0 Å². The van der Waals surface area contributed by atoms with Gasteiger partial charge in [-0.15, -0.1) is 0 Å². The molecule has 0 saturated heterocycles. The number of carbonyl (C=O) groups is 2. The summed E-state index contributed by atoms with van der Waals surface area (Å²) in [7, 11) is -3.62. The molecule has 21 heavy (non-hydrogen) atoms. The van der Waals surface area contributed by atoms with Crippen LogP contribution in [-0.4, -0.2) is 44.4 Å². The Hall–Kier alpha value is -2.13. The number of carboxylic acids is 1. The summed E-state index contributed by atoms with van der Waals surface area (Å²) in [5.41, 5.74) is 1.58. The number of nitrogens with two attached hydrogens (primary N) is 1.